The van der Waals surface area contributed by atoms with Crippen molar-refractivity contribution in [3.63, 3.8) is 0 Å². The zero-order valence-corrected chi connectivity index (χ0v) is 14.7. The second-order valence-electron chi connectivity index (χ2n) is 5.74. The first-order chi connectivity index (χ1) is 11.5. The summed E-state index contributed by atoms with van der Waals surface area (Å²) in [7, 11) is 0. The van der Waals surface area contributed by atoms with E-state index in [0.29, 0.717) is 16.0 Å². The molecule has 0 unspecified atom stereocenters. The maximum absolute atomic E-state index is 12.3. The minimum atomic E-state index is -0.445. The van der Waals surface area contributed by atoms with Crippen molar-refractivity contribution in [2.75, 3.05) is 0 Å². The van der Waals surface area contributed by atoms with Gasteiger partial charge in [0, 0.05) is 21.9 Å². The van der Waals surface area contributed by atoms with E-state index in [1.54, 1.807) is 6.07 Å². The van der Waals surface area contributed by atoms with Crippen LogP contribution in [0.4, 0.5) is 0 Å². The standard InChI is InChI=1S/C19H18O4S/c1-4-16-12(3)8-17(24-16)19(21)22-10-13-9-18(20)23-15-7-11(2)5-6-14(13)15/h5-9H,4,10H2,1-3H3. The van der Waals surface area contributed by atoms with Crippen molar-refractivity contribution >= 4 is 28.3 Å². The highest BCUT2D eigenvalue weighted by Crippen LogP contribution is 2.24. The normalized spacial score (nSPS) is 11.0. The van der Waals surface area contributed by atoms with Gasteiger partial charge in [-0.2, -0.15) is 0 Å². The van der Waals surface area contributed by atoms with E-state index in [1.807, 2.05) is 32.0 Å². The van der Waals surface area contributed by atoms with Crippen molar-refractivity contribution < 1.29 is 13.9 Å². The van der Waals surface area contributed by atoms with Crippen molar-refractivity contribution in [1.82, 2.24) is 0 Å². The molecule has 3 rings (SSSR count). The largest absolute Gasteiger partial charge is 0.457 e. The third kappa shape index (κ3) is 3.26. The fourth-order valence-electron chi connectivity index (χ4n) is 2.64. The van der Waals surface area contributed by atoms with Gasteiger partial charge in [-0.25, -0.2) is 9.59 Å². The van der Waals surface area contributed by atoms with Crippen LogP contribution in [0.1, 0.15) is 38.2 Å². The Hall–Kier alpha value is -2.40. The third-order valence-electron chi connectivity index (χ3n) is 3.89. The molecule has 2 aromatic heterocycles. The number of thiophene rings is 1. The number of esters is 1. The number of hydrogen-bond donors (Lipinski definition) is 0. The molecule has 0 atom stereocenters. The molecule has 24 heavy (non-hydrogen) atoms. The summed E-state index contributed by atoms with van der Waals surface area (Å²) in [5.41, 5.74) is 2.82. The van der Waals surface area contributed by atoms with Crippen LogP contribution in [0.3, 0.4) is 0 Å². The second kappa shape index (κ2) is 6.61. The van der Waals surface area contributed by atoms with Gasteiger partial charge in [-0.15, -0.1) is 11.3 Å². The highest BCUT2D eigenvalue weighted by Gasteiger charge is 2.14. The SMILES string of the molecule is CCc1sc(C(=O)OCc2cc(=O)oc3cc(C)ccc23)cc1C. The molecule has 124 valence electrons. The number of carbonyl (C=O) groups is 1. The summed E-state index contributed by atoms with van der Waals surface area (Å²) >= 11 is 1.46. The molecule has 2 heterocycles. The summed E-state index contributed by atoms with van der Waals surface area (Å²) in [4.78, 5) is 25.7. The van der Waals surface area contributed by atoms with Gasteiger partial charge in [0.2, 0.25) is 0 Å². The van der Waals surface area contributed by atoms with E-state index >= 15 is 0 Å². The van der Waals surface area contributed by atoms with Crippen LogP contribution in [0.25, 0.3) is 11.0 Å². The van der Waals surface area contributed by atoms with Gasteiger partial charge in [0.25, 0.3) is 0 Å². The Morgan fingerprint density at radius 1 is 1.21 bits per heavy atom. The second-order valence-corrected chi connectivity index (χ2v) is 6.87. The molecule has 0 amide bonds. The van der Waals surface area contributed by atoms with E-state index < -0.39 is 5.63 Å². The molecule has 1 aromatic carbocycles. The van der Waals surface area contributed by atoms with Crippen LogP contribution in [-0.4, -0.2) is 5.97 Å². The lowest BCUT2D eigenvalue weighted by atomic mass is 10.1. The predicted molar refractivity (Wildman–Crippen MR) is 94.8 cm³/mol. The first-order valence-corrected chi connectivity index (χ1v) is 8.59. The Morgan fingerprint density at radius 2 is 2.00 bits per heavy atom. The fourth-order valence-corrected chi connectivity index (χ4v) is 3.65. The van der Waals surface area contributed by atoms with E-state index in [9.17, 15) is 9.59 Å². The molecule has 0 N–H and O–H groups in total. The van der Waals surface area contributed by atoms with Crippen molar-refractivity contribution in [1.29, 1.82) is 0 Å². The van der Waals surface area contributed by atoms with Gasteiger partial charge in [-0.1, -0.05) is 19.1 Å². The molecular formula is C19H18O4S. The lowest BCUT2D eigenvalue weighted by Gasteiger charge is -2.07. The molecule has 0 fully saturated rings. The van der Waals surface area contributed by atoms with Crippen LogP contribution in [0.2, 0.25) is 0 Å². The number of fused-ring (bicyclic) bond motifs is 1. The summed E-state index contributed by atoms with van der Waals surface area (Å²) < 4.78 is 10.6. The quantitative estimate of drug-likeness (QED) is 0.521. The summed E-state index contributed by atoms with van der Waals surface area (Å²) in [5, 5.41) is 0.782. The first kappa shape index (κ1) is 16.5. The Labute approximate surface area is 143 Å². The summed E-state index contributed by atoms with van der Waals surface area (Å²) in [6.45, 7) is 6.02. The average Bonchev–Trinajstić information content (AvgIpc) is 2.92. The third-order valence-corrected chi connectivity index (χ3v) is 5.25. The number of hydrogen-bond acceptors (Lipinski definition) is 5. The van der Waals surface area contributed by atoms with Gasteiger partial charge in [0.05, 0.1) is 0 Å². The minimum absolute atomic E-state index is 0.0440. The molecule has 0 bridgehead atoms. The van der Waals surface area contributed by atoms with Gasteiger partial charge in [0.15, 0.2) is 0 Å². The summed E-state index contributed by atoms with van der Waals surface area (Å²) in [5.74, 6) is -0.365. The lowest BCUT2D eigenvalue weighted by molar-refractivity contribution is 0.0479. The van der Waals surface area contributed by atoms with Crippen molar-refractivity contribution in [3.05, 3.63) is 67.2 Å². The molecule has 0 saturated carbocycles. The Kier molecular flexibility index (Phi) is 4.53. The molecular weight excluding hydrogens is 324 g/mol. The Bertz CT molecular complexity index is 965. The zero-order chi connectivity index (χ0) is 17.3. The highest BCUT2D eigenvalue weighted by molar-refractivity contribution is 7.14. The molecule has 0 aliphatic carbocycles. The summed E-state index contributed by atoms with van der Waals surface area (Å²) in [6.07, 6.45) is 0.896. The summed E-state index contributed by atoms with van der Waals surface area (Å²) in [6, 6.07) is 8.85. The van der Waals surface area contributed by atoms with Gasteiger partial charge in [-0.3, -0.25) is 0 Å². The molecule has 4 nitrogen and oxygen atoms in total. The molecule has 3 aromatic rings. The van der Waals surface area contributed by atoms with E-state index in [-0.39, 0.29) is 12.6 Å². The monoisotopic (exact) mass is 342 g/mol. The first-order valence-electron chi connectivity index (χ1n) is 7.77. The molecule has 0 aliphatic heterocycles. The van der Waals surface area contributed by atoms with Crippen molar-refractivity contribution in [2.45, 2.75) is 33.8 Å². The topological polar surface area (TPSA) is 56.5 Å². The number of carbonyl (C=O) groups excluding carboxylic acids is 1. The minimum Gasteiger partial charge on any atom is -0.457 e. The van der Waals surface area contributed by atoms with Gasteiger partial charge < -0.3 is 9.15 Å². The molecule has 0 radical (unpaired) electrons. The Morgan fingerprint density at radius 3 is 2.71 bits per heavy atom. The maximum Gasteiger partial charge on any atom is 0.348 e. The van der Waals surface area contributed by atoms with E-state index in [0.717, 1.165) is 22.9 Å². The van der Waals surface area contributed by atoms with Crippen molar-refractivity contribution in [3.8, 4) is 0 Å². The number of ether oxygens (including phenoxy) is 1. The van der Waals surface area contributed by atoms with Gasteiger partial charge >= 0.3 is 11.6 Å². The average molecular weight is 342 g/mol. The van der Waals surface area contributed by atoms with E-state index in [4.69, 9.17) is 9.15 Å². The number of aryl methyl sites for hydroxylation is 3. The van der Waals surface area contributed by atoms with Crippen LogP contribution in [-0.2, 0) is 17.8 Å². The van der Waals surface area contributed by atoms with Crippen LogP contribution in [0, 0.1) is 13.8 Å². The Balaban J connectivity index is 1.85. The van der Waals surface area contributed by atoms with Crippen LogP contribution >= 0.6 is 11.3 Å². The van der Waals surface area contributed by atoms with Crippen LogP contribution in [0.5, 0.6) is 0 Å². The van der Waals surface area contributed by atoms with Crippen molar-refractivity contribution in [2.24, 2.45) is 0 Å². The highest BCUT2D eigenvalue weighted by atomic mass is 32.1. The van der Waals surface area contributed by atoms with Crippen LogP contribution in [0.15, 0.2) is 39.5 Å². The molecule has 5 heteroatoms. The lowest BCUT2D eigenvalue weighted by Crippen LogP contribution is -2.07. The molecule has 0 saturated heterocycles. The van der Waals surface area contributed by atoms with Gasteiger partial charge in [-0.05, 0) is 43.5 Å². The fraction of sp³-hybridized carbons (Fsp3) is 0.263. The number of benzene rings is 1. The van der Waals surface area contributed by atoms with E-state index in [2.05, 4.69) is 6.92 Å². The molecule has 0 aliphatic rings. The van der Waals surface area contributed by atoms with E-state index in [1.165, 1.54) is 22.3 Å². The number of rotatable bonds is 4. The smallest absolute Gasteiger partial charge is 0.348 e. The maximum atomic E-state index is 12.3. The predicted octanol–water partition coefficient (Wildman–Crippen LogP) is 4.39. The zero-order valence-electron chi connectivity index (χ0n) is 13.8. The van der Waals surface area contributed by atoms with Gasteiger partial charge in [0.1, 0.15) is 17.1 Å². The molecule has 0 spiro atoms. The van der Waals surface area contributed by atoms with Crippen LogP contribution < -0.4 is 5.63 Å².